The molecule has 2 aromatic rings. The highest BCUT2D eigenvalue weighted by atomic mass is 35.5. The molecule has 1 aromatic heterocycles. The van der Waals surface area contributed by atoms with Gasteiger partial charge in [-0.15, -0.1) is 0 Å². The van der Waals surface area contributed by atoms with Gasteiger partial charge in [0.25, 0.3) is 0 Å². The molecule has 5 heteroatoms. The van der Waals surface area contributed by atoms with Crippen LogP contribution in [0.3, 0.4) is 0 Å². The Hall–Kier alpha value is -1.49. The zero-order valence-corrected chi connectivity index (χ0v) is 17.0. The fourth-order valence-corrected chi connectivity index (χ4v) is 2.36. The fourth-order valence-electron chi connectivity index (χ4n) is 2.16. The van der Waals surface area contributed by atoms with Gasteiger partial charge >= 0.3 is 0 Å². The number of aromatic nitrogens is 2. The van der Waals surface area contributed by atoms with Gasteiger partial charge < -0.3 is 9.64 Å². The smallest absolute Gasteiger partial charge is 0.125 e. The topological polar surface area (TPSA) is 38.2 Å². The van der Waals surface area contributed by atoms with Crippen molar-refractivity contribution in [1.82, 2.24) is 14.9 Å². The highest BCUT2D eigenvalue weighted by molar-refractivity contribution is 6.32. The van der Waals surface area contributed by atoms with Gasteiger partial charge in [-0.1, -0.05) is 62.6 Å². The van der Waals surface area contributed by atoms with E-state index in [4.69, 9.17) is 16.3 Å². The number of hydrogen-bond acceptors (Lipinski definition) is 4. The normalized spacial score (nSPS) is 11.8. The number of nitrogens with zero attached hydrogens (tertiary/aromatic N) is 3. The molecule has 4 nitrogen and oxygen atoms in total. The maximum absolute atomic E-state index is 6.17. The summed E-state index contributed by atoms with van der Waals surface area (Å²) in [5.74, 6) is 0.709. The number of halogens is 1. The van der Waals surface area contributed by atoms with Gasteiger partial charge in [-0.05, 0) is 26.6 Å². The second kappa shape index (κ2) is 11.2. The molecule has 1 atom stereocenters. The maximum Gasteiger partial charge on any atom is 0.125 e. The van der Waals surface area contributed by atoms with Gasteiger partial charge in [0.1, 0.15) is 5.82 Å². The molecular weight excluding hydrogens is 334 g/mol. The summed E-state index contributed by atoms with van der Waals surface area (Å²) >= 11 is 6.17. The Balaban J connectivity index is 0.000000705. The number of rotatable bonds is 6. The zero-order valence-electron chi connectivity index (χ0n) is 16.2. The lowest BCUT2D eigenvalue weighted by molar-refractivity contribution is 0.0784. The Morgan fingerprint density at radius 3 is 2.20 bits per heavy atom. The van der Waals surface area contributed by atoms with Crippen LogP contribution in [0.1, 0.15) is 44.2 Å². The number of hydrogen-bond donors (Lipinski definition) is 0. The Labute approximate surface area is 157 Å². The van der Waals surface area contributed by atoms with E-state index in [0.717, 1.165) is 23.4 Å². The number of aryl methyl sites for hydroxylation is 1. The van der Waals surface area contributed by atoms with Gasteiger partial charge in [0.05, 0.1) is 16.8 Å². The highest BCUT2D eigenvalue weighted by Gasteiger charge is 2.13. The highest BCUT2D eigenvalue weighted by Crippen LogP contribution is 2.27. The van der Waals surface area contributed by atoms with Crippen molar-refractivity contribution in [3.05, 3.63) is 46.9 Å². The molecule has 0 spiro atoms. The molecule has 25 heavy (non-hydrogen) atoms. The monoisotopic (exact) mass is 363 g/mol. The Morgan fingerprint density at radius 1 is 1.12 bits per heavy atom. The van der Waals surface area contributed by atoms with Gasteiger partial charge in [0.2, 0.25) is 0 Å². The number of ether oxygens (including phenoxy) is 1. The Kier molecular flexibility index (Phi) is 9.65. The SMILES string of the molecule is CCCC.COC(CN(C)C)c1ccc(-c2nc(C)ncc2Cl)cc1. The molecule has 0 saturated heterocycles. The van der Waals surface area contributed by atoms with Crippen LogP contribution in [-0.4, -0.2) is 42.6 Å². The lowest BCUT2D eigenvalue weighted by Gasteiger charge is -2.20. The molecule has 138 valence electrons. The van der Waals surface area contributed by atoms with Crippen LogP contribution in [0.2, 0.25) is 5.02 Å². The van der Waals surface area contributed by atoms with E-state index in [0.29, 0.717) is 10.8 Å². The van der Waals surface area contributed by atoms with Gasteiger partial charge in [-0.2, -0.15) is 0 Å². The molecule has 0 N–H and O–H groups in total. The zero-order chi connectivity index (χ0) is 18.8. The molecule has 0 aliphatic carbocycles. The van der Waals surface area contributed by atoms with Crippen molar-refractivity contribution in [3.63, 3.8) is 0 Å². The summed E-state index contributed by atoms with van der Waals surface area (Å²) in [6.07, 6.45) is 4.33. The molecule has 0 aliphatic rings. The van der Waals surface area contributed by atoms with Crippen LogP contribution < -0.4 is 0 Å². The largest absolute Gasteiger partial charge is 0.375 e. The number of unbranched alkanes of at least 4 members (excludes halogenated alkanes) is 1. The van der Waals surface area contributed by atoms with E-state index in [1.807, 2.05) is 33.2 Å². The number of likely N-dealkylation sites (N-methyl/N-ethyl adjacent to an activating group) is 1. The first-order valence-corrected chi connectivity index (χ1v) is 9.07. The van der Waals surface area contributed by atoms with Gasteiger partial charge in [0.15, 0.2) is 0 Å². The lowest BCUT2D eigenvalue weighted by atomic mass is 10.0. The molecule has 2 rings (SSSR count). The van der Waals surface area contributed by atoms with Gasteiger partial charge in [0, 0.05) is 25.4 Å². The van der Waals surface area contributed by atoms with Crippen molar-refractivity contribution in [2.24, 2.45) is 0 Å². The van der Waals surface area contributed by atoms with E-state index in [-0.39, 0.29) is 6.10 Å². The molecule has 1 heterocycles. The maximum atomic E-state index is 6.17. The summed E-state index contributed by atoms with van der Waals surface area (Å²) in [6, 6.07) is 8.15. The molecule has 0 aliphatic heterocycles. The molecule has 1 unspecified atom stereocenters. The van der Waals surface area contributed by atoms with E-state index < -0.39 is 0 Å². The van der Waals surface area contributed by atoms with Crippen molar-refractivity contribution in [2.75, 3.05) is 27.7 Å². The average molecular weight is 364 g/mol. The number of benzene rings is 1. The Bertz CT molecular complexity index is 627. The van der Waals surface area contributed by atoms with Crippen LogP contribution in [0, 0.1) is 6.92 Å². The van der Waals surface area contributed by atoms with E-state index in [9.17, 15) is 0 Å². The van der Waals surface area contributed by atoms with Crippen molar-refractivity contribution in [1.29, 1.82) is 0 Å². The summed E-state index contributed by atoms with van der Waals surface area (Å²) in [6.45, 7) is 7.05. The lowest BCUT2D eigenvalue weighted by Crippen LogP contribution is -2.21. The van der Waals surface area contributed by atoms with Crippen molar-refractivity contribution in [3.8, 4) is 11.3 Å². The summed E-state index contributed by atoms with van der Waals surface area (Å²) in [4.78, 5) is 10.6. The average Bonchev–Trinajstić information content (AvgIpc) is 2.62. The quantitative estimate of drug-likeness (QED) is 0.710. The van der Waals surface area contributed by atoms with Crippen LogP contribution in [0.15, 0.2) is 30.5 Å². The summed E-state index contributed by atoms with van der Waals surface area (Å²) in [7, 11) is 5.79. The van der Waals surface area contributed by atoms with Crippen LogP contribution >= 0.6 is 11.6 Å². The third-order valence-corrected chi connectivity index (χ3v) is 4.01. The Morgan fingerprint density at radius 2 is 1.72 bits per heavy atom. The molecule has 0 fully saturated rings. The molecular formula is C20H30ClN3O. The predicted molar refractivity (Wildman–Crippen MR) is 106 cm³/mol. The summed E-state index contributed by atoms with van der Waals surface area (Å²) in [5.41, 5.74) is 2.88. The first kappa shape index (κ1) is 21.6. The van der Waals surface area contributed by atoms with Crippen LogP contribution in [0.4, 0.5) is 0 Å². The van der Waals surface area contributed by atoms with E-state index >= 15 is 0 Å². The van der Waals surface area contributed by atoms with E-state index in [1.54, 1.807) is 13.3 Å². The first-order valence-electron chi connectivity index (χ1n) is 8.69. The fraction of sp³-hybridized carbons (Fsp3) is 0.500. The number of methoxy groups -OCH3 is 1. The summed E-state index contributed by atoms with van der Waals surface area (Å²) in [5, 5.41) is 0.560. The molecule has 0 amide bonds. The van der Waals surface area contributed by atoms with Crippen LogP contribution in [-0.2, 0) is 4.74 Å². The van der Waals surface area contributed by atoms with E-state index in [1.165, 1.54) is 12.8 Å². The van der Waals surface area contributed by atoms with Crippen molar-refractivity contribution < 1.29 is 4.74 Å². The summed E-state index contributed by atoms with van der Waals surface area (Å²) < 4.78 is 5.54. The van der Waals surface area contributed by atoms with Gasteiger partial charge in [-0.3, -0.25) is 0 Å². The van der Waals surface area contributed by atoms with E-state index in [2.05, 4.69) is 40.8 Å². The minimum absolute atomic E-state index is 0.0525. The minimum atomic E-state index is 0.0525. The molecule has 1 aromatic carbocycles. The molecule has 0 saturated carbocycles. The molecule has 0 radical (unpaired) electrons. The molecule has 0 bridgehead atoms. The van der Waals surface area contributed by atoms with Crippen molar-refractivity contribution >= 4 is 11.6 Å². The third kappa shape index (κ3) is 7.10. The minimum Gasteiger partial charge on any atom is -0.375 e. The predicted octanol–water partition coefficient (Wildman–Crippen LogP) is 5.16. The third-order valence-electron chi connectivity index (χ3n) is 3.74. The standard InChI is InChI=1S/C16H20ClN3O.C4H10/c1-11-18-9-14(17)16(19-11)13-7-5-12(6-8-13)15(21-4)10-20(2)3;1-3-4-2/h5-9,15H,10H2,1-4H3;3-4H2,1-2H3. The second-order valence-electron chi connectivity index (χ2n) is 6.22. The second-order valence-corrected chi connectivity index (χ2v) is 6.63. The van der Waals surface area contributed by atoms with Crippen LogP contribution in [0.5, 0.6) is 0 Å². The first-order chi connectivity index (χ1) is 11.9. The van der Waals surface area contributed by atoms with Crippen LogP contribution in [0.25, 0.3) is 11.3 Å². The van der Waals surface area contributed by atoms with Gasteiger partial charge in [-0.25, -0.2) is 9.97 Å². The van der Waals surface area contributed by atoms with Crippen molar-refractivity contribution in [2.45, 2.75) is 39.7 Å².